The first-order chi connectivity index (χ1) is 15.2. The van der Waals surface area contributed by atoms with Crippen molar-refractivity contribution in [1.29, 1.82) is 0 Å². The van der Waals surface area contributed by atoms with Gasteiger partial charge in [0.15, 0.2) is 0 Å². The summed E-state index contributed by atoms with van der Waals surface area (Å²) < 4.78 is 22.7. The second-order valence-corrected chi connectivity index (χ2v) is 8.24. The molecule has 2 amide bonds. The van der Waals surface area contributed by atoms with E-state index in [0.29, 0.717) is 35.0 Å². The van der Waals surface area contributed by atoms with E-state index in [1.165, 1.54) is 21.9 Å². The zero-order valence-electron chi connectivity index (χ0n) is 17.6. The fourth-order valence-corrected chi connectivity index (χ4v) is 3.97. The number of hydrogen-bond donors (Lipinski definition) is 1. The molecule has 1 aliphatic rings. The van der Waals surface area contributed by atoms with Crippen molar-refractivity contribution >= 4 is 29.2 Å². The van der Waals surface area contributed by atoms with E-state index in [4.69, 9.17) is 16.3 Å². The highest BCUT2D eigenvalue weighted by Gasteiger charge is 2.27. The van der Waals surface area contributed by atoms with Gasteiger partial charge in [-0.2, -0.15) is 0 Å². The number of morpholine rings is 1. The lowest BCUT2D eigenvalue weighted by Crippen LogP contribution is -2.45. The van der Waals surface area contributed by atoms with E-state index in [1.54, 1.807) is 42.9 Å². The summed E-state index contributed by atoms with van der Waals surface area (Å²) in [5.41, 5.74) is 2.06. The lowest BCUT2D eigenvalue weighted by atomic mass is 10.0. The topological polar surface area (TPSA) is 87.4 Å². The van der Waals surface area contributed by atoms with E-state index in [1.807, 2.05) is 0 Å². The van der Waals surface area contributed by atoms with Gasteiger partial charge >= 0.3 is 6.09 Å². The van der Waals surface area contributed by atoms with Crippen molar-refractivity contribution in [2.75, 3.05) is 33.8 Å². The molecule has 1 N–H and O–H groups in total. The number of aromatic nitrogens is 2. The first-order valence-electron chi connectivity index (χ1n) is 10.0. The van der Waals surface area contributed by atoms with Crippen LogP contribution in [0.15, 0.2) is 36.5 Å². The smallest absolute Gasteiger partial charge is 0.407 e. The van der Waals surface area contributed by atoms with Crippen LogP contribution in [0.4, 0.5) is 9.18 Å². The third-order valence-corrected chi connectivity index (χ3v) is 5.63. The number of halogens is 2. The van der Waals surface area contributed by atoms with Crippen LogP contribution in [0.3, 0.4) is 0 Å². The molecular weight excluding hydrogens is 439 g/mol. The Hall–Kier alpha value is -3.17. The van der Waals surface area contributed by atoms with Gasteiger partial charge in [-0.25, -0.2) is 14.2 Å². The molecule has 168 valence electrons. The van der Waals surface area contributed by atoms with Crippen LogP contribution in [0.1, 0.15) is 16.1 Å². The van der Waals surface area contributed by atoms with Gasteiger partial charge in [-0.05, 0) is 24.3 Å². The molecule has 3 heterocycles. The van der Waals surface area contributed by atoms with Crippen molar-refractivity contribution in [2.24, 2.45) is 0 Å². The van der Waals surface area contributed by atoms with Crippen LogP contribution < -0.4 is 0 Å². The summed E-state index contributed by atoms with van der Waals surface area (Å²) in [6.45, 7) is 0.788. The quantitative estimate of drug-likeness (QED) is 0.644. The zero-order valence-corrected chi connectivity index (χ0v) is 18.3. The molecule has 0 aliphatic carbocycles. The van der Waals surface area contributed by atoms with Crippen LogP contribution >= 0.6 is 11.6 Å². The van der Waals surface area contributed by atoms with Crippen LogP contribution in [-0.4, -0.2) is 76.2 Å². The number of imidazole rings is 1. The predicted octanol–water partition coefficient (Wildman–Crippen LogP) is 3.42. The number of carboxylic acid groups (broad SMARTS) is 1. The molecule has 4 rings (SSSR count). The molecule has 1 saturated heterocycles. The molecule has 0 spiro atoms. The summed E-state index contributed by atoms with van der Waals surface area (Å²) in [6, 6.07) is 7.66. The summed E-state index contributed by atoms with van der Waals surface area (Å²) in [5, 5.41) is 9.81. The van der Waals surface area contributed by atoms with E-state index >= 15 is 4.39 Å². The SMILES string of the molecule is CN(C)C(=O)c1ccc(-c2nc3cc(Cl)ccn3c2C[C@H]2CN(C(=O)O)CCO2)c(F)c1. The number of rotatable bonds is 4. The molecule has 1 aliphatic heterocycles. The molecule has 1 fully saturated rings. The number of carbonyl (C=O) groups excluding carboxylic acids is 1. The Bertz CT molecular complexity index is 1200. The molecule has 0 radical (unpaired) electrons. The van der Waals surface area contributed by atoms with Gasteiger partial charge in [0, 0.05) is 55.5 Å². The van der Waals surface area contributed by atoms with Gasteiger partial charge in [0.25, 0.3) is 5.91 Å². The average Bonchev–Trinajstić information content (AvgIpc) is 3.10. The lowest BCUT2D eigenvalue weighted by Gasteiger charge is -2.31. The molecule has 1 aromatic carbocycles. The Morgan fingerprint density at radius 3 is 2.78 bits per heavy atom. The van der Waals surface area contributed by atoms with E-state index in [2.05, 4.69) is 4.98 Å². The van der Waals surface area contributed by atoms with Gasteiger partial charge in [-0.1, -0.05) is 11.6 Å². The Labute approximate surface area is 188 Å². The molecule has 0 saturated carbocycles. The molecule has 2 aromatic heterocycles. The van der Waals surface area contributed by atoms with Gasteiger partial charge in [0.1, 0.15) is 11.5 Å². The maximum absolute atomic E-state index is 15.1. The molecule has 1 atom stereocenters. The summed E-state index contributed by atoms with van der Waals surface area (Å²) in [5.74, 6) is -0.882. The Morgan fingerprint density at radius 2 is 2.09 bits per heavy atom. The summed E-state index contributed by atoms with van der Waals surface area (Å²) in [7, 11) is 3.20. The fourth-order valence-electron chi connectivity index (χ4n) is 3.81. The summed E-state index contributed by atoms with van der Waals surface area (Å²) in [6.07, 6.45) is 0.644. The number of hydrogen-bond acceptors (Lipinski definition) is 4. The standard InChI is InChI=1S/C22H22ClFN4O4/c1-26(2)21(29)13-3-4-16(17(24)9-13)20-18(28-6-5-14(23)10-19(28)25-20)11-15-12-27(22(30)31)7-8-32-15/h3-6,9-10,15H,7-8,11-12H2,1-2H3,(H,30,31)/t15-/m0/s1. The molecule has 10 heteroatoms. The second kappa shape index (κ2) is 8.76. The van der Waals surface area contributed by atoms with Crippen molar-refractivity contribution < 1.29 is 23.8 Å². The number of pyridine rings is 1. The van der Waals surface area contributed by atoms with Crippen molar-refractivity contribution in [3.05, 3.63) is 58.6 Å². The number of carbonyl (C=O) groups is 2. The number of benzene rings is 1. The van der Waals surface area contributed by atoms with E-state index in [0.717, 1.165) is 0 Å². The van der Waals surface area contributed by atoms with Crippen LogP contribution in [-0.2, 0) is 11.2 Å². The maximum atomic E-state index is 15.1. The zero-order chi connectivity index (χ0) is 23.0. The Balaban J connectivity index is 1.76. The largest absolute Gasteiger partial charge is 0.465 e. The number of amides is 2. The van der Waals surface area contributed by atoms with Crippen molar-refractivity contribution in [3.63, 3.8) is 0 Å². The lowest BCUT2D eigenvalue weighted by molar-refractivity contribution is -0.0214. The van der Waals surface area contributed by atoms with Crippen molar-refractivity contribution in [1.82, 2.24) is 19.2 Å². The van der Waals surface area contributed by atoms with Crippen molar-refractivity contribution in [3.8, 4) is 11.3 Å². The first-order valence-corrected chi connectivity index (χ1v) is 10.4. The maximum Gasteiger partial charge on any atom is 0.407 e. The Morgan fingerprint density at radius 1 is 1.31 bits per heavy atom. The van der Waals surface area contributed by atoms with Crippen LogP contribution in [0.5, 0.6) is 0 Å². The minimum atomic E-state index is -1.00. The van der Waals surface area contributed by atoms with E-state index in [-0.39, 0.29) is 30.2 Å². The third kappa shape index (κ3) is 4.26. The highest BCUT2D eigenvalue weighted by molar-refractivity contribution is 6.30. The van der Waals surface area contributed by atoms with Crippen LogP contribution in [0, 0.1) is 5.82 Å². The van der Waals surface area contributed by atoms with Gasteiger partial charge in [0.2, 0.25) is 0 Å². The minimum absolute atomic E-state index is 0.203. The fraction of sp³-hybridized carbons (Fsp3) is 0.318. The molecule has 0 bridgehead atoms. The van der Waals surface area contributed by atoms with Crippen molar-refractivity contribution in [2.45, 2.75) is 12.5 Å². The van der Waals surface area contributed by atoms with Gasteiger partial charge in [0.05, 0.1) is 30.6 Å². The molecule has 0 unspecified atom stereocenters. The normalized spacial score (nSPS) is 16.4. The summed E-state index contributed by atoms with van der Waals surface area (Å²) in [4.78, 5) is 30.8. The van der Waals surface area contributed by atoms with E-state index in [9.17, 15) is 14.7 Å². The molecular formula is C22H22ClFN4O4. The van der Waals surface area contributed by atoms with Crippen LogP contribution in [0.25, 0.3) is 16.9 Å². The predicted molar refractivity (Wildman–Crippen MR) is 117 cm³/mol. The summed E-state index contributed by atoms with van der Waals surface area (Å²) >= 11 is 6.12. The highest BCUT2D eigenvalue weighted by Crippen LogP contribution is 2.30. The number of nitrogens with zero attached hydrogens (tertiary/aromatic N) is 4. The molecule has 32 heavy (non-hydrogen) atoms. The highest BCUT2D eigenvalue weighted by atomic mass is 35.5. The Kier molecular flexibility index (Phi) is 6.03. The third-order valence-electron chi connectivity index (χ3n) is 5.39. The van der Waals surface area contributed by atoms with Gasteiger partial charge in [-0.3, -0.25) is 4.79 Å². The first kappa shape index (κ1) is 22.0. The number of fused-ring (bicyclic) bond motifs is 1. The van der Waals surface area contributed by atoms with Gasteiger partial charge in [-0.15, -0.1) is 0 Å². The second-order valence-electron chi connectivity index (χ2n) is 7.80. The minimum Gasteiger partial charge on any atom is -0.465 e. The number of ether oxygens (including phenoxy) is 1. The average molecular weight is 461 g/mol. The van der Waals surface area contributed by atoms with Crippen LogP contribution in [0.2, 0.25) is 5.02 Å². The van der Waals surface area contributed by atoms with E-state index < -0.39 is 18.0 Å². The monoisotopic (exact) mass is 460 g/mol. The van der Waals surface area contributed by atoms with Gasteiger partial charge < -0.3 is 24.0 Å². The molecule has 8 nitrogen and oxygen atoms in total. The molecule has 3 aromatic rings.